The third-order valence-corrected chi connectivity index (χ3v) is 0.729. The smallest absolute Gasteiger partial charge is 0.283 e. The van der Waals surface area contributed by atoms with Gasteiger partial charge in [0.1, 0.15) is 0 Å². The molecule has 0 bridgehead atoms. The zero-order valence-electron chi connectivity index (χ0n) is 7.52. The maximum Gasteiger partial charge on any atom is 0.283 e. The molecule has 0 N–H and O–H groups in total. The highest BCUT2D eigenvalue weighted by Crippen LogP contribution is 1.65. The predicted octanol–water partition coefficient (Wildman–Crippen LogP) is -0.0950. The normalized spacial score (nSPS) is 10.9. The monoisotopic (exact) mass is 155 g/mol. The van der Waals surface area contributed by atoms with E-state index in [9.17, 15) is 0 Å². The highest BCUT2D eigenvalue weighted by Gasteiger charge is 1.77. The minimum atomic E-state index is 1.50. The molecule has 0 aromatic carbocycles. The summed E-state index contributed by atoms with van der Waals surface area (Å²) in [7, 11) is 7.64. The van der Waals surface area contributed by atoms with Gasteiger partial charge in [0, 0.05) is 14.1 Å². The molecule has 4 nitrogen and oxygen atoms in total. The van der Waals surface area contributed by atoms with Gasteiger partial charge in [-0.25, -0.2) is 4.99 Å². The molecule has 0 amide bonds. The van der Waals surface area contributed by atoms with Crippen LogP contribution in [0.15, 0.2) is 9.98 Å². The van der Waals surface area contributed by atoms with Gasteiger partial charge >= 0.3 is 0 Å². The third-order valence-electron chi connectivity index (χ3n) is 0.729. The number of rotatable bonds is 3. The molecule has 4 heteroatoms. The molecule has 0 aliphatic carbocycles. The first kappa shape index (κ1) is 9.81. The van der Waals surface area contributed by atoms with Crippen LogP contribution in [0.5, 0.6) is 0 Å². The summed E-state index contributed by atoms with van der Waals surface area (Å²) >= 11 is 0. The lowest BCUT2D eigenvalue weighted by atomic mass is 10.9. The van der Waals surface area contributed by atoms with Crippen LogP contribution in [-0.4, -0.2) is 56.7 Å². The lowest BCUT2D eigenvalue weighted by Crippen LogP contribution is -2.07. The molecule has 0 unspecified atom stereocenters. The molecule has 0 aliphatic heterocycles. The maximum atomic E-state index is 3.89. The molecular weight excluding hydrogens is 140 g/mol. The Hall–Kier alpha value is -1.19. The van der Waals surface area contributed by atoms with Gasteiger partial charge in [0.25, 0.3) is 6.34 Å². The van der Waals surface area contributed by atoms with E-state index in [-0.39, 0.29) is 0 Å². The molecular formula is C7H15N4+. The van der Waals surface area contributed by atoms with E-state index in [1.54, 1.807) is 12.7 Å². The topological polar surface area (TPSA) is 31.0 Å². The Morgan fingerprint density at radius 2 is 1.82 bits per heavy atom. The van der Waals surface area contributed by atoms with Crippen molar-refractivity contribution in [3.8, 4) is 0 Å². The first-order valence-electron chi connectivity index (χ1n) is 3.34. The van der Waals surface area contributed by atoms with Gasteiger partial charge in [-0.3, -0.25) is 4.58 Å². The van der Waals surface area contributed by atoms with E-state index in [4.69, 9.17) is 0 Å². The third kappa shape index (κ3) is 8.81. The highest BCUT2D eigenvalue weighted by molar-refractivity contribution is 5.75. The summed E-state index contributed by atoms with van der Waals surface area (Å²) in [6.45, 7) is 0. The molecule has 0 aliphatic rings. The fourth-order valence-electron chi connectivity index (χ4n) is 0.365. The van der Waals surface area contributed by atoms with Gasteiger partial charge in [-0.2, -0.15) is 0 Å². The second-order valence-electron chi connectivity index (χ2n) is 2.57. The Morgan fingerprint density at radius 3 is 2.27 bits per heavy atom. The first-order chi connectivity index (χ1) is 5.13. The van der Waals surface area contributed by atoms with Crippen molar-refractivity contribution in [1.82, 2.24) is 4.90 Å². The molecule has 0 fully saturated rings. The van der Waals surface area contributed by atoms with E-state index in [1.165, 1.54) is 6.34 Å². The molecule has 0 aromatic heterocycles. The van der Waals surface area contributed by atoms with Crippen molar-refractivity contribution in [1.29, 1.82) is 0 Å². The Balaban J connectivity index is 3.69. The van der Waals surface area contributed by atoms with E-state index < -0.39 is 0 Å². The van der Waals surface area contributed by atoms with Gasteiger partial charge in [0.15, 0.2) is 0 Å². The van der Waals surface area contributed by atoms with Gasteiger partial charge in [-0.05, 0) is 4.99 Å². The van der Waals surface area contributed by atoms with Gasteiger partial charge in [-0.1, -0.05) is 0 Å². The van der Waals surface area contributed by atoms with E-state index in [2.05, 4.69) is 9.98 Å². The summed E-state index contributed by atoms with van der Waals surface area (Å²) < 4.78 is 1.85. The van der Waals surface area contributed by atoms with Gasteiger partial charge in [0.2, 0.25) is 6.34 Å². The van der Waals surface area contributed by atoms with E-state index in [0.29, 0.717) is 0 Å². The molecule has 0 spiro atoms. The van der Waals surface area contributed by atoms with Crippen LogP contribution in [0, 0.1) is 0 Å². The quantitative estimate of drug-likeness (QED) is 0.318. The summed E-state index contributed by atoms with van der Waals surface area (Å²) in [5.74, 6) is 0. The number of hydrogen-bond acceptors (Lipinski definition) is 0. The van der Waals surface area contributed by atoms with Crippen LogP contribution in [-0.2, 0) is 0 Å². The average Bonchev–Trinajstić information content (AvgIpc) is 1.85. The molecule has 0 radical (unpaired) electrons. The van der Waals surface area contributed by atoms with Gasteiger partial charge in [-0.15, -0.1) is 0 Å². The van der Waals surface area contributed by atoms with Crippen molar-refractivity contribution in [2.75, 3.05) is 28.2 Å². The van der Waals surface area contributed by atoms with Crippen LogP contribution in [0.1, 0.15) is 0 Å². The average molecular weight is 155 g/mol. The van der Waals surface area contributed by atoms with Crippen LogP contribution in [0.3, 0.4) is 0 Å². The standard InChI is InChI=1S/C7H15N4/c1-10(2)6-8-5-9-7-11(3)4/h5-7H,1-4H3/q+1. The zero-order valence-corrected chi connectivity index (χ0v) is 7.52. The van der Waals surface area contributed by atoms with Crippen molar-refractivity contribution in [2.45, 2.75) is 0 Å². The second-order valence-corrected chi connectivity index (χ2v) is 2.57. The van der Waals surface area contributed by atoms with Crippen molar-refractivity contribution >= 4 is 19.0 Å². The maximum absolute atomic E-state index is 3.89. The lowest BCUT2D eigenvalue weighted by molar-refractivity contribution is -0.460. The van der Waals surface area contributed by atoms with Crippen molar-refractivity contribution in [3.63, 3.8) is 0 Å². The molecule has 0 heterocycles. The van der Waals surface area contributed by atoms with Crippen molar-refractivity contribution in [2.24, 2.45) is 9.98 Å². The highest BCUT2D eigenvalue weighted by atomic mass is 15.1. The molecule has 11 heavy (non-hydrogen) atoms. The van der Waals surface area contributed by atoms with Crippen LogP contribution in [0.2, 0.25) is 0 Å². The molecule has 0 rings (SSSR count). The summed E-state index contributed by atoms with van der Waals surface area (Å²) in [5.41, 5.74) is 0. The number of aliphatic imine (C=N–C) groups is 2. The van der Waals surface area contributed by atoms with Crippen LogP contribution in [0.25, 0.3) is 0 Å². The summed E-state index contributed by atoms with van der Waals surface area (Å²) in [5, 5.41) is 0. The second kappa shape index (κ2) is 5.58. The van der Waals surface area contributed by atoms with E-state index in [1.807, 2.05) is 37.7 Å². The summed E-state index contributed by atoms with van der Waals surface area (Å²) in [6.07, 6.45) is 4.88. The predicted molar refractivity (Wildman–Crippen MR) is 48.8 cm³/mol. The zero-order chi connectivity index (χ0) is 8.69. The number of hydrogen-bond donors (Lipinski definition) is 0. The first-order valence-corrected chi connectivity index (χ1v) is 3.34. The SMILES string of the molecule is CN(C)C=NC=NC=[N+](C)C. The lowest BCUT2D eigenvalue weighted by Gasteiger charge is -1.98. The van der Waals surface area contributed by atoms with Crippen LogP contribution in [0.4, 0.5) is 0 Å². The van der Waals surface area contributed by atoms with Crippen molar-refractivity contribution < 1.29 is 4.58 Å². The molecule has 62 valence electrons. The minimum absolute atomic E-state index is 1.50. The minimum Gasteiger partial charge on any atom is -0.369 e. The molecule has 0 atom stereocenters. The van der Waals surface area contributed by atoms with Gasteiger partial charge < -0.3 is 4.90 Å². The Morgan fingerprint density at radius 1 is 1.18 bits per heavy atom. The Bertz CT molecular complexity index is 175. The molecule has 0 saturated carbocycles. The Kier molecular flexibility index (Phi) is 4.98. The fraction of sp³-hybridized carbons (Fsp3) is 0.571. The largest absolute Gasteiger partial charge is 0.369 e. The fourth-order valence-corrected chi connectivity index (χ4v) is 0.365. The Labute approximate surface area is 67.6 Å². The van der Waals surface area contributed by atoms with Gasteiger partial charge in [0.05, 0.1) is 20.4 Å². The molecule has 0 saturated heterocycles. The van der Waals surface area contributed by atoms with Crippen LogP contribution < -0.4 is 0 Å². The van der Waals surface area contributed by atoms with Crippen molar-refractivity contribution in [3.05, 3.63) is 0 Å². The van der Waals surface area contributed by atoms with E-state index >= 15 is 0 Å². The molecule has 0 aromatic rings. The summed E-state index contributed by atoms with van der Waals surface area (Å²) in [4.78, 5) is 9.64. The van der Waals surface area contributed by atoms with Crippen LogP contribution >= 0.6 is 0 Å². The number of nitrogens with zero attached hydrogens (tertiary/aromatic N) is 4. The summed E-state index contributed by atoms with van der Waals surface area (Å²) in [6, 6.07) is 0. The van der Waals surface area contributed by atoms with E-state index in [0.717, 1.165) is 0 Å².